The Hall–Kier alpha value is -2.02. The number of carbonyl (C=O) groups is 1. The van der Waals surface area contributed by atoms with Crippen LogP contribution in [-0.2, 0) is 4.79 Å². The van der Waals surface area contributed by atoms with Gasteiger partial charge in [-0.05, 0) is 32.9 Å². The van der Waals surface area contributed by atoms with Gasteiger partial charge in [0.2, 0.25) is 0 Å². The highest BCUT2D eigenvalue weighted by Gasteiger charge is 2.10. The average Bonchev–Trinajstić information content (AvgIpc) is 2.59. The van der Waals surface area contributed by atoms with Gasteiger partial charge in [0.15, 0.2) is 0 Å². The molecule has 0 aromatic carbocycles. The lowest BCUT2D eigenvalue weighted by Gasteiger charge is -2.06. The molecule has 0 spiro atoms. The monoisotopic (exact) mass is 218 g/mol. The summed E-state index contributed by atoms with van der Waals surface area (Å²) < 4.78 is 5.26. The van der Waals surface area contributed by atoms with Crippen molar-refractivity contribution in [2.24, 2.45) is 0 Å². The van der Waals surface area contributed by atoms with Crippen LogP contribution in [0, 0.1) is 18.3 Å². The van der Waals surface area contributed by atoms with Crippen molar-refractivity contribution in [1.29, 1.82) is 5.26 Å². The first kappa shape index (κ1) is 12.1. The number of nitrogens with zero attached hydrogens (tertiary/aromatic N) is 1. The molecule has 16 heavy (non-hydrogen) atoms. The summed E-state index contributed by atoms with van der Waals surface area (Å²) in [6.45, 7) is 5.48. The molecule has 0 unspecified atom stereocenters. The normalized spacial score (nSPS) is 11.3. The van der Waals surface area contributed by atoms with Crippen LogP contribution in [0.25, 0.3) is 6.08 Å². The van der Waals surface area contributed by atoms with E-state index >= 15 is 0 Å². The highest BCUT2D eigenvalue weighted by atomic mass is 16.3. The van der Waals surface area contributed by atoms with Crippen LogP contribution in [0.4, 0.5) is 0 Å². The van der Waals surface area contributed by atoms with Crippen molar-refractivity contribution in [2.75, 3.05) is 0 Å². The minimum absolute atomic E-state index is 0.00240. The van der Waals surface area contributed by atoms with Gasteiger partial charge in [-0.25, -0.2) is 0 Å². The second kappa shape index (κ2) is 5.17. The Morgan fingerprint density at radius 3 is 2.69 bits per heavy atom. The van der Waals surface area contributed by atoms with Crippen molar-refractivity contribution in [1.82, 2.24) is 5.32 Å². The van der Waals surface area contributed by atoms with Crippen molar-refractivity contribution >= 4 is 12.0 Å². The van der Waals surface area contributed by atoms with E-state index in [9.17, 15) is 4.79 Å². The maximum atomic E-state index is 11.6. The Balaban J connectivity index is 2.87. The van der Waals surface area contributed by atoms with E-state index in [1.165, 1.54) is 6.08 Å². The zero-order valence-electron chi connectivity index (χ0n) is 9.57. The number of furan rings is 1. The first-order chi connectivity index (χ1) is 7.52. The Bertz CT molecular complexity index is 450. The molecule has 0 saturated carbocycles. The second-order valence-electron chi connectivity index (χ2n) is 3.75. The predicted molar refractivity (Wildman–Crippen MR) is 60.3 cm³/mol. The molecule has 0 atom stereocenters. The molecule has 0 aliphatic carbocycles. The van der Waals surface area contributed by atoms with Crippen LogP contribution in [0.15, 0.2) is 22.1 Å². The Kier molecular flexibility index (Phi) is 3.90. The molecule has 0 saturated heterocycles. The molecule has 1 rings (SSSR count). The van der Waals surface area contributed by atoms with Gasteiger partial charge in [0.1, 0.15) is 23.2 Å². The fourth-order valence-electron chi connectivity index (χ4n) is 1.16. The minimum atomic E-state index is -0.383. The summed E-state index contributed by atoms with van der Waals surface area (Å²) in [4.78, 5) is 11.6. The summed E-state index contributed by atoms with van der Waals surface area (Å²) >= 11 is 0. The molecule has 1 aromatic rings. The number of hydrogen-bond acceptors (Lipinski definition) is 3. The quantitative estimate of drug-likeness (QED) is 0.623. The van der Waals surface area contributed by atoms with Crippen LogP contribution in [0.2, 0.25) is 0 Å². The smallest absolute Gasteiger partial charge is 0.262 e. The van der Waals surface area contributed by atoms with Crippen molar-refractivity contribution in [3.63, 3.8) is 0 Å². The van der Waals surface area contributed by atoms with Crippen LogP contribution in [0.1, 0.15) is 25.4 Å². The molecule has 0 fully saturated rings. The molecule has 0 aliphatic rings. The first-order valence-electron chi connectivity index (χ1n) is 5.02. The van der Waals surface area contributed by atoms with Gasteiger partial charge in [-0.15, -0.1) is 0 Å². The Morgan fingerprint density at radius 2 is 2.25 bits per heavy atom. The number of rotatable bonds is 3. The Morgan fingerprint density at radius 1 is 1.56 bits per heavy atom. The average molecular weight is 218 g/mol. The molecule has 0 radical (unpaired) electrons. The second-order valence-corrected chi connectivity index (χ2v) is 3.75. The summed E-state index contributed by atoms with van der Waals surface area (Å²) in [6.07, 6.45) is 1.44. The highest BCUT2D eigenvalue weighted by molar-refractivity contribution is 6.01. The zero-order chi connectivity index (χ0) is 12.1. The zero-order valence-corrected chi connectivity index (χ0v) is 9.57. The molecule has 1 heterocycles. The third-order valence-corrected chi connectivity index (χ3v) is 1.83. The van der Waals surface area contributed by atoms with Gasteiger partial charge in [-0.3, -0.25) is 4.79 Å². The summed E-state index contributed by atoms with van der Waals surface area (Å²) in [6, 6.07) is 5.35. The molecular weight excluding hydrogens is 204 g/mol. The molecule has 0 bridgehead atoms. The lowest BCUT2D eigenvalue weighted by atomic mass is 10.2. The van der Waals surface area contributed by atoms with Gasteiger partial charge in [0.25, 0.3) is 5.91 Å². The van der Waals surface area contributed by atoms with Gasteiger partial charge in [0.05, 0.1) is 0 Å². The fourth-order valence-corrected chi connectivity index (χ4v) is 1.16. The maximum Gasteiger partial charge on any atom is 0.262 e. The third kappa shape index (κ3) is 3.28. The van der Waals surface area contributed by atoms with Gasteiger partial charge in [-0.2, -0.15) is 5.26 Å². The van der Waals surface area contributed by atoms with E-state index in [0.29, 0.717) is 5.76 Å². The summed E-state index contributed by atoms with van der Waals surface area (Å²) in [7, 11) is 0. The van der Waals surface area contributed by atoms with Crippen molar-refractivity contribution in [3.05, 3.63) is 29.2 Å². The molecule has 0 aliphatic heterocycles. The van der Waals surface area contributed by atoms with E-state index in [1.54, 1.807) is 19.1 Å². The van der Waals surface area contributed by atoms with E-state index in [0.717, 1.165) is 5.76 Å². The third-order valence-electron chi connectivity index (χ3n) is 1.83. The van der Waals surface area contributed by atoms with Gasteiger partial charge in [-0.1, -0.05) is 0 Å². The van der Waals surface area contributed by atoms with E-state index < -0.39 is 0 Å². The van der Waals surface area contributed by atoms with Gasteiger partial charge in [0, 0.05) is 12.1 Å². The molecule has 1 N–H and O–H groups in total. The summed E-state index contributed by atoms with van der Waals surface area (Å²) in [5.74, 6) is 0.868. The van der Waals surface area contributed by atoms with E-state index in [4.69, 9.17) is 9.68 Å². The maximum absolute atomic E-state index is 11.6. The molecule has 1 aromatic heterocycles. The number of amides is 1. The molecule has 84 valence electrons. The van der Waals surface area contributed by atoms with E-state index in [2.05, 4.69) is 5.32 Å². The van der Waals surface area contributed by atoms with Crippen LogP contribution in [0.5, 0.6) is 0 Å². The van der Waals surface area contributed by atoms with Gasteiger partial charge >= 0.3 is 0 Å². The first-order valence-corrected chi connectivity index (χ1v) is 5.02. The largest absolute Gasteiger partial charge is 0.462 e. The molecule has 4 heteroatoms. The molecular formula is C12H14N2O2. The number of nitriles is 1. The minimum Gasteiger partial charge on any atom is -0.462 e. The summed E-state index contributed by atoms with van der Waals surface area (Å²) in [5, 5.41) is 11.5. The van der Waals surface area contributed by atoms with Crippen LogP contribution >= 0.6 is 0 Å². The van der Waals surface area contributed by atoms with Gasteiger partial charge < -0.3 is 9.73 Å². The molecule has 4 nitrogen and oxygen atoms in total. The van der Waals surface area contributed by atoms with Crippen molar-refractivity contribution in [3.8, 4) is 6.07 Å². The number of hydrogen-bond donors (Lipinski definition) is 1. The number of carbonyl (C=O) groups excluding carboxylic acids is 1. The predicted octanol–water partition coefficient (Wildman–Crippen LogP) is 2.02. The van der Waals surface area contributed by atoms with Crippen molar-refractivity contribution < 1.29 is 9.21 Å². The van der Waals surface area contributed by atoms with Crippen LogP contribution < -0.4 is 5.32 Å². The van der Waals surface area contributed by atoms with Crippen molar-refractivity contribution in [2.45, 2.75) is 26.8 Å². The topological polar surface area (TPSA) is 66.0 Å². The number of nitrogens with one attached hydrogen (secondary N) is 1. The van der Waals surface area contributed by atoms with Crippen LogP contribution in [-0.4, -0.2) is 11.9 Å². The van der Waals surface area contributed by atoms with E-state index in [1.807, 2.05) is 19.9 Å². The standard InChI is InChI=1S/C12H14N2O2/c1-8(2)14-12(15)10(7-13)6-11-5-4-9(3)16-11/h4-6,8H,1-3H3,(H,14,15)/b10-6-. The lowest BCUT2D eigenvalue weighted by Crippen LogP contribution is -2.30. The Labute approximate surface area is 94.6 Å². The fraction of sp³-hybridized carbons (Fsp3) is 0.333. The van der Waals surface area contributed by atoms with Crippen LogP contribution in [0.3, 0.4) is 0 Å². The summed E-state index contributed by atoms with van der Waals surface area (Å²) in [5.41, 5.74) is 0.0445. The highest BCUT2D eigenvalue weighted by Crippen LogP contribution is 2.11. The lowest BCUT2D eigenvalue weighted by molar-refractivity contribution is -0.117. The SMILES string of the molecule is Cc1ccc(/C=C(/C#N)C(=O)NC(C)C)o1. The number of aryl methyl sites for hydroxylation is 1. The molecule has 1 amide bonds. The van der Waals surface area contributed by atoms with E-state index in [-0.39, 0.29) is 17.5 Å².